The Morgan fingerprint density at radius 2 is 1.83 bits per heavy atom. The van der Waals surface area contributed by atoms with Crippen molar-refractivity contribution in [2.75, 3.05) is 5.32 Å². The number of anilines is 1. The van der Waals surface area contributed by atoms with E-state index in [0.717, 1.165) is 5.56 Å². The first-order valence-electron chi connectivity index (χ1n) is 7.55. The molecule has 1 aromatic heterocycles. The molecule has 1 atom stereocenters. The Morgan fingerprint density at radius 3 is 2.50 bits per heavy atom. The van der Waals surface area contributed by atoms with Crippen molar-refractivity contribution in [2.45, 2.75) is 20.0 Å². The fourth-order valence-corrected chi connectivity index (χ4v) is 2.18. The smallest absolute Gasteiger partial charge is 0.267 e. The van der Waals surface area contributed by atoms with Crippen LogP contribution in [0.25, 0.3) is 11.4 Å². The number of benzene rings is 2. The second-order valence-corrected chi connectivity index (χ2v) is 5.29. The first-order chi connectivity index (χ1) is 11.6. The number of nitrogens with zero attached hydrogens (tertiary/aromatic N) is 2. The molecule has 1 heterocycles. The lowest BCUT2D eigenvalue weighted by molar-refractivity contribution is -0.114. The topological polar surface area (TPSA) is 77.2 Å². The Kier molecular flexibility index (Phi) is 4.56. The van der Waals surface area contributed by atoms with Crippen molar-refractivity contribution in [1.82, 2.24) is 10.1 Å². The molecule has 0 radical (unpaired) electrons. The summed E-state index contributed by atoms with van der Waals surface area (Å²) in [5.41, 5.74) is 1.60. The van der Waals surface area contributed by atoms with Crippen molar-refractivity contribution in [1.29, 1.82) is 0 Å². The maximum absolute atomic E-state index is 11.0. The molecular formula is C18H17N3O3. The molecule has 0 saturated heterocycles. The van der Waals surface area contributed by atoms with Gasteiger partial charge in [-0.05, 0) is 31.2 Å². The van der Waals surface area contributed by atoms with Crippen molar-refractivity contribution in [3.05, 3.63) is 60.5 Å². The van der Waals surface area contributed by atoms with Gasteiger partial charge < -0.3 is 14.6 Å². The summed E-state index contributed by atoms with van der Waals surface area (Å²) in [5.74, 6) is 1.47. The van der Waals surface area contributed by atoms with E-state index in [1.165, 1.54) is 6.92 Å². The molecule has 0 aliphatic carbocycles. The highest BCUT2D eigenvalue weighted by Crippen LogP contribution is 2.24. The van der Waals surface area contributed by atoms with E-state index in [1.807, 2.05) is 37.3 Å². The molecule has 3 aromatic rings. The van der Waals surface area contributed by atoms with Gasteiger partial charge in [-0.25, -0.2) is 0 Å². The van der Waals surface area contributed by atoms with Crippen molar-refractivity contribution in [2.24, 2.45) is 0 Å². The molecule has 0 aliphatic rings. The summed E-state index contributed by atoms with van der Waals surface area (Å²) < 4.78 is 11.1. The number of hydrogen-bond donors (Lipinski definition) is 1. The molecule has 6 heteroatoms. The van der Waals surface area contributed by atoms with E-state index in [2.05, 4.69) is 15.5 Å². The van der Waals surface area contributed by atoms with Gasteiger partial charge in [-0.2, -0.15) is 4.98 Å². The van der Waals surface area contributed by atoms with E-state index in [0.29, 0.717) is 23.2 Å². The number of nitrogens with one attached hydrogen (secondary N) is 1. The summed E-state index contributed by atoms with van der Waals surface area (Å²) in [6, 6.07) is 16.7. The zero-order valence-corrected chi connectivity index (χ0v) is 13.4. The van der Waals surface area contributed by atoms with Crippen LogP contribution in [0.5, 0.6) is 5.75 Å². The number of carbonyl (C=O) groups excluding carboxylic acids is 1. The molecule has 1 N–H and O–H groups in total. The van der Waals surface area contributed by atoms with Gasteiger partial charge in [0, 0.05) is 18.2 Å². The van der Waals surface area contributed by atoms with Crippen LogP contribution in [0.2, 0.25) is 0 Å². The molecule has 24 heavy (non-hydrogen) atoms. The largest absolute Gasteiger partial charge is 0.481 e. The fourth-order valence-electron chi connectivity index (χ4n) is 2.18. The van der Waals surface area contributed by atoms with Crippen LogP contribution >= 0.6 is 0 Å². The average Bonchev–Trinajstić information content (AvgIpc) is 3.07. The van der Waals surface area contributed by atoms with Crippen LogP contribution < -0.4 is 10.1 Å². The van der Waals surface area contributed by atoms with Gasteiger partial charge in [0.1, 0.15) is 5.75 Å². The lowest BCUT2D eigenvalue weighted by Gasteiger charge is -2.11. The molecule has 3 rings (SSSR count). The lowest BCUT2D eigenvalue weighted by Crippen LogP contribution is -2.06. The number of rotatable bonds is 5. The van der Waals surface area contributed by atoms with Crippen molar-refractivity contribution >= 4 is 11.6 Å². The average molecular weight is 323 g/mol. The maximum atomic E-state index is 11.0. The highest BCUT2D eigenvalue weighted by Gasteiger charge is 2.16. The first kappa shape index (κ1) is 15.7. The third kappa shape index (κ3) is 3.78. The van der Waals surface area contributed by atoms with Crippen LogP contribution in [0.1, 0.15) is 25.8 Å². The first-order valence-corrected chi connectivity index (χ1v) is 7.55. The molecule has 6 nitrogen and oxygen atoms in total. The van der Waals surface area contributed by atoms with Gasteiger partial charge in [0.15, 0.2) is 6.10 Å². The minimum absolute atomic E-state index is 0.115. The molecule has 1 amide bonds. The molecule has 122 valence electrons. The second kappa shape index (κ2) is 6.95. The Labute approximate surface area is 139 Å². The van der Waals surface area contributed by atoms with Gasteiger partial charge in [-0.1, -0.05) is 35.5 Å². The number of carbonyl (C=O) groups is 1. The highest BCUT2D eigenvalue weighted by molar-refractivity contribution is 5.88. The van der Waals surface area contributed by atoms with E-state index < -0.39 is 0 Å². The molecule has 0 fully saturated rings. The van der Waals surface area contributed by atoms with Crippen LogP contribution in [0, 0.1) is 0 Å². The summed E-state index contributed by atoms with van der Waals surface area (Å²) in [7, 11) is 0. The number of amides is 1. The van der Waals surface area contributed by atoms with E-state index in [1.54, 1.807) is 24.3 Å². The van der Waals surface area contributed by atoms with Crippen LogP contribution in [0.3, 0.4) is 0 Å². The van der Waals surface area contributed by atoms with Gasteiger partial charge in [-0.15, -0.1) is 0 Å². The van der Waals surface area contributed by atoms with E-state index >= 15 is 0 Å². The normalized spacial score (nSPS) is 11.8. The number of aromatic nitrogens is 2. The monoisotopic (exact) mass is 323 g/mol. The minimum atomic E-state index is -0.387. The van der Waals surface area contributed by atoms with Gasteiger partial charge in [0.25, 0.3) is 5.89 Å². The lowest BCUT2D eigenvalue weighted by atomic mass is 10.2. The number of hydrogen-bond acceptors (Lipinski definition) is 5. The van der Waals surface area contributed by atoms with E-state index in [-0.39, 0.29) is 12.0 Å². The Morgan fingerprint density at radius 1 is 1.12 bits per heavy atom. The second-order valence-electron chi connectivity index (χ2n) is 5.29. The van der Waals surface area contributed by atoms with Gasteiger partial charge >= 0.3 is 0 Å². The minimum Gasteiger partial charge on any atom is -0.481 e. The van der Waals surface area contributed by atoms with Gasteiger partial charge in [0.2, 0.25) is 11.7 Å². The molecular weight excluding hydrogens is 306 g/mol. The van der Waals surface area contributed by atoms with E-state index in [4.69, 9.17) is 9.26 Å². The highest BCUT2D eigenvalue weighted by atomic mass is 16.5. The third-order valence-corrected chi connectivity index (χ3v) is 3.31. The summed E-state index contributed by atoms with van der Waals surface area (Å²) in [6.45, 7) is 3.30. The maximum Gasteiger partial charge on any atom is 0.267 e. The fraction of sp³-hybridized carbons (Fsp3) is 0.167. The molecule has 1 unspecified atom stereocenters. The molecule has 2 aromatic carbocycles. The quantitative estimate of drug-likeness (QED) is 0.772. The zero-order valence-electron chi connectivity index (χ0n) is 13.4. The van der Waals surface area contributed by atoms with Gasteiger partial charge in [0.05, 0.1) is 0 Å². The molecule has 0 aliphatic heterocycles. The summed E-state index contributed by atoms with van der Waals surface area (Å²) in [5, 5.41) is 6.69. The van der Waals surface area contributed by atoms with Crippen LogP contribution in [-0.2, 0) is 4.79 Å². The standard InChI is InChI=1S/C18H17N3O3/c1-12(23-16-10-8-15(9-11-16)19-13(2)22)18-20-17(21-24-18)14-6-4-3-5-7-14/h3-12H,1-2H3,(H,19,22). The molecule has 0 bridgehead atoms. The Balaban J connectivity index is 1.68. The van der Waals surface area contributed by atoms with Crippen LogP contribution in [0.15, 0.2) is 59.1 Å². The van der Waals surface area contributed by atoms with Gasteiger partial charge in [-0.3, -0.25) is 4.79 Å². The van der Waals surface area contributed by atoms with Crippen molar-refractivity contribution in [3.63, 3.8) is 0 Å². The van der Waals surface area contributed by atoms with Crippen LogP contribution in [-0.4, -0.2) is 16.0 Å². The van der Waals surface area contributed by atoms with E-state index in [9.17, 15) is 4.79 Å². The SMILES string of the molecule is CC(=O)Nc1ccc(OC(C)c2nc(-c3ccccc3)no2)cc1. The summed E-state index contributed by atoms with van der Waals surface area (Å²) in [6.07, 6.45) is -0.387. The zero-order chi connectivity index (χ0) is 16.9. The predicted molar refractivity (Wildman–Crippen MR) is 89.5 cm³/mol. The molecule has 0 saturated carbocycles. The van der Waals surface area contributed by atoms with Crippen molar-refractivity contribution < 1.29 is 14.1 Å². The summed E-state index contributed by atoms with van der Waals surface area (Å²) >= 11 is 0. The Bertz CT molecular complexity index is 813. The predicted octanol–water partition coefficient (Wildman–Crippen LogP) is 3.84. The molecule has 0 spiro atoms. The summed E-state index contributed by atoms with van der Waals surface area (Å²) in [4.78, 5) is 15.4. The Hall–Kier alpha value is -3.15. The third-order valence-electron chi connectivity index (χ3n) is 3.31. The van der Waals surface area contributed by atoms with Crippen LogP contribution in [0.4, 0.5) is 5.69 Å². The number of ether oxygens (including phenoxy) is 1. The van der Waals surface area contributed by atoms with Crippen molar-refractivity contribution in [3.8, 4) is 17.1 Å².